The van der Waals surface area contributed by atoms with Crippen LogP contribution >= 0.6 is 11.6 Å². The highest BCUT2D eigenvalue weighted by molar-refractivity contribution is 6.33. The Hall–Kier alpha value is -3.13. The van der Waals surface area contributed by atoms with E-state index in [1.165, 1.54) is 31.5 Å². The van der Waals surface area contributed by atoms with Gasteiger partial charge in [-0.3, -0.25) is 9.59 Å². The number of nitrogens with two attached hydrogens (primary N) is 1. The van der Waals surface area contributed by atoms with Gasteiger partial charge in [0, 0.05) is 20.0 Å². The molecule has 0 spiro atoms. The molecule has 1 aliphatic rings. The number of nitrogens with zero attached hydrogens (tertiary/aromatic N) is 3. The van der Waals surface area contributed by atoms with Crippen LogP contribution in [0.2, 0.25) is 5.02 Å². The molecule has 0 unspecified atom stereocenters. The van der Waals surface area contributed by atoms with Crippen LogP contribution in [-0.4, -0.2) is 39.8 Å². The zero-order valence-electron chi connectivity index (χ0n) is 17.2. The van der Waals surface area contributed by atoms with E-state index >= 15 is 0 Å². The third-order valence-electron chi connectivity index (χ3n) is 4.44. The van der Waals surface area contributed by atoms with Crippen molar-refractivity contribution in [2.75, 3.05) is 29.5 Å². The van der Waals surface area contributed by atoms with Crippen LogP contribution in [0.25, 0.3) is 0 Å². The van der Waals surface area contributed by atoms with E-state index in [0.29, 0.717) is 22.2 Å². The quantitative estimate of drug-likeness (QED) is 0.634. The van der Waals surface area contributed by atoms with Crippen LogP contribution in [0.4, 0.5) is 23.1 Å². The van der Waals surface area contributed by atoms with Crippen LogP contribution in [0.1, 0.15) is 31.7 Å². The number of halogens is 1. The Bertz CT molecular complexity index is 912. The number of likely N-dealkylation sites (tertiary alicyclic amines) is 1. The fourth-order valence-electron chi connectivity index (χ4n) is 2.86. The van der Waals surface area contributed by atoms with E-state index in [0.717, 1.165) is 18.7 Å². The maximum atomic E-state index is 11.5. The molecular weight excluding hydrogens is 404 g/mol. The predicted octanol–water partition coefficient (Wildman–Crippen LogP) is 3.91. The van der Waals surface area contributed by atoms with E-state index in [2.05, 4.69) is 27.2 Å². The summed E-state index contributed by atoms with van der Waals surface area (Å²) in [5.74, 6) is 0.388. The van der Waals surface area contributed by atoms with Crippen LogP contribution < -0.4 is 16.4 Å². The van der Waals surface area contributed by atoms with E-state index in [1.807, 2.05) is 30.0 Å². The lowest BCUT2D eigenvalue weighted by Crippen LogP contribution is -2.33. The molecule has 160 valence electrons. The second-order valence-corrected chi connectivity index (χ2v) is 7.27. The Balaban J connectivity index is 0.000000297. The lowest BCUT2D eigenvalue weighted by molar-refractivity contribution is -0.129. The molecule has 30 heavy (non-hydrogen) atoms. The number of nitrogens with one attached hydrogen (secondary N) is 2. The first-order valence-electron chi connectivity index (χ1n) is 9.64. The molecule has 1 aliphatic heterocycles. The number of carbonyl (C=O) groups excluding carboxylic acids is 2. The number of anilines is 4. The van der Waals surface area contributed by atoms with Crippen molar-refractivity contribution in [3.05, 3.63) is 47.6 Å². The van der Waals surface area contributed by atoms with Crippen molar-refractivity contribution in [2.24, 2.45) is 0 Å². The average Bonchev–Trinajstić information content (AvgIpc) is 2.73. The van der Waals surface area contributed by atoms with Crippen molar-refractivity contribution >= 4 is 46.6 Å². The Labute approximate surface area is 181 Å². The molecule has 1 aromatic carbocycles. The van der Waals surface area contributed by atoms with Crippen LogP contribution in [0.15, 0.2) is 37.1 Å². The number of nitrogen functional groups attached to an aromatic ring is 1. The SMILES string of the molecule is C=CC(=O)Nc1cc(C)ccc1Nc1nc(N)ncc1Cl.CC(=O)N1CCCCC1. The largest absolute Gasteiger partial charge is 0.368 e. The number of aryl methyl sites for hydroxylation is 1. The summed E-state index contributed by atoms with van der Waals surface area (Å²) in [5, 5.41) is 6.07. The minimum Gasteiger partial charge on any atom is -0.368 e. The number of benzene rings is 1. The van der Waals surface area contributed by atoms with Gasteiger partial charge in [-0.05, 0) is 50.0 Å². The van der Waals surface area contributed by atoms with Crippen molar-refractivity contribution in [3.63, 3.8) is 0 Å². The van der Waals surface area contributed by atoms with Gasteiger partial charge in [0.05, 0.1) is 17.6 Å². The number of aromatic nitrogens is 2. The molecule has 0 atom stereocenters. The van der Waals surface area contributed by atoms with Crippen LogP contribution in [-0.2, 0) is 9.59 Å². The van der Waals surface area contributed by atoms with Gasteiger partial charge in [0.15, 0.2) is 5.82 Å². The van der Waals surface area contributed by atoms with Gasteiger partial charge in [0.2, 0.25) is 17.8 Å². The third kappa shape index (κ3) is 7.04. The normalized spacial score (nSPS) is 13.0. The Morgan fingerprint density at radius 2 is 1.93 bits per heavy atom. The van der Waals surface area contributed by atoms with Crippen molar-refractivity contribution in [2.45, 2.75) is 33.1 Å². The Morgan fingerprint density at radius 3 is 2.53 bits per heavy atom. The average molecular weight is 431 g/mol. The maximum absolute atomic E-state index is 11.5. The Kier molecular flexibility index (Phi) is 8.61. The number of carbonyl (C=O) groups is 2. The summed E-state index contributed by atoms with van der Waals surface area (Å²) in [5.41, 5.74) is 7.76. The third-order valence-corrected chi connectivity index (χ3v) is 4.71. The molecule has 1 saturated heterocycles. The first-order chi connectivity index (χ1) is 14.3. The van der Waals surface area contributed by atoms with Gasteiger partial charge in [-0.1, -0.05) is 24.2 Å². The molecule has 3 rings (SSSR count). The number of amides is 2. The van der Waals surface area contributed by atoms with Gasteiger partial charge in [0.25, 0.3) is 0 Å². The van der Waals surface area contributed by atoms with E-state index < -0.39 is 0 Å². The second-order valence-electron chi connectivity index (χ2n) is 6.86. The molecule has 0 aliphatic carbocycles. The van der Waals surface area contributed by atoms with Crippen molar-refractivity contribution in [1.29, 1.82) is 0 Å². The highest BCUT2D eigenvalue weighted by atomic mass is 35.5. The van der Waals surface area contributed by atoms with Crippen molar-refractivity contribution in [3.8, 4) is 0 Å². The van der Waals surface area contributed by atoms with Gasteiger partial charge >= 0.3 is 0 Å². The molecule has 0 radical (unpaired) electrons. The van der Waals surface area contributed by atoms with Gasteiger partial charge in [0.1, 0.15) is 5.02 Å². The van der Waals surface area contributed by atoms with Crippen LogP contribution in [0.5, 0.6) is 0 Å². The zero-order chi connectivity index (χ0) is 22.1. The molecule has 9 heteroatoms. The van der Waals surface area contributed by atoms with Gasteiger partial charge in [-0.25, -0.2) is 4.98 Å². The first-order valence-corrected chi connectivity index (χ1v) is 10.0. The molecule has 1 fully saturated rings. The second kappa shape index (κ2) is 11.2. The standard InChI is InChI=1S/C14H14ClN5O.C7H13NO/c1-3-12(21)18-11-6-8(2)4-5-10(11)19-13-9(15)7-17-14(16)20-13;1-7(9)8-5-3-2-4-6-8/h3-7H,1H2,2H3,(H,18,21)(H3,16,17,19,20);2-6H2,1H3. The summed E-state index contributed by atoms with van der Waals surface area (Å²) >= 11 is 6.02. The summed E-state index contributed by atoms with van der Waals surface area (Å²) in [4.78, 5) is 31.9. The highest BCUT2D eigenvalue weighted by Crippen LogP contribution is 2.29. The van der Waals surface area contributed by atoms with E-state index in [-0.39, 0.29) is 17.8 Å². The molecule has 0 bridgehead atoms. The Morgan fingerprint density at radius 1 is 1.23 bits per heavy atom. The summed E-state index contributed by atoms with van der Waals surface area (Å²) < 4.78 is 0. The number of hydrogen-bond donors (Lipinski definition) is 3. The van der Waals surface area contributed by atoms with E-state index in [9.17, 15) is 9.59 Å². The smallest absolute Gasteiger partial charge is 0.247 e. The number of rotatable bonds is 4. The highest BCUT2D eigenvalue weighted by Gasteiger charge is 2.11. The molecule has 2 aromatic rings. The topological polar surface area (TPSA) is 113 Å². The van der Waals surface area contributed by atoms with Gasteiger partial charge in [-0.2, -0.15) is 4.98 Å². The van der Waals surface area contributed by atoms with Gasteiger partial charge in [-0.15, -0.1) is 0 Å². The van der Waals surface area contributed by atoms with Crippen molar-refractivity contribution < 1.29 is 9.59 Å². The molecule has 4 N–H and O–H groups in total. The van der Waals surface area contributed by atoms with E-state index in [1.54, 1.807) is 6.92 Å². The zero-order valence-corrected chi connectivity index (χ0v) is 18.0. The van der Waals surface area contributed by atoms with Crippen LogP contribution in [0, 0.1) is 6.92 Å². The van der Waals surface area contributed by atoms with Gasteiger partial charge < -0.3 is 21.3 Å². The molecule has 0 saturated carbocycles. The predicted molar refractivity (Wildman–Crippen MR) is 121 cm³/mol. The molecule has 2 amide bonds. The van der Waals surface area contributed by atoms with E-state index in [4.69, 9.17) is 17.3 Å². The fraction of sp³-hybridized carbons (Fsp3) is 0.333. The lowest BCUT2D eigenvalue weighted by atomic mass is 10.1. The molecular formula is C21H27ClN6O2. The minimum atomic E-state index is -0.308. The summed E-state index contributed by atoms with van der Waals surface area (Å²) in [6.07, 6.45) is 6.28. The summed E-state index contributed by atoms with van der Waals surface area (Å²) in [7, 11) is 0. The first kappa shape index (κ1) is 23.2. The molecule has 1 aromatic heterocycles. The fourth-order valence-corrected chi connectivity index (χ4v) is 3.00. The number of hydrogen-bond acceptors (Lipinski definition) is 6. The maximum Gasteiger partial charge on any atom is 0.247 e. The minimum absolute atomic E-state index is 0.102. The molecule has 2 heterocycles. The van der Waals surface area contributed by atoms with Crippen LogP contribution in [0.3, 0.4) is 0 Å². The lowest BCUT2D eigenvalue weighted by Gasteiger charge is -2.24. The molecule has 8 nitrogen and oxygen atoms in total. The monoisotopic (exact) mass is 430 g/mol. The summed E-state index contributed by atoms with van der Waals surface area (Å²) in [6.45, 7) is 8.95. The van der Waals surface area contributed by atoms with Crippen molar-refractivity contribution in [1.82, 2.24) is 14.9 Å². The number of piperidine rings is 1. The summed E-state index contributed by atoms with van der Waals surface area (Å²) in [6, 6.07) is 5.52.